The molecule has 0 aromatic heterocycles. The minimum atomic E-state index is -0.708. The standard InChI is InChI=1S/C14H21N3O2/c1-14(2,10-5-7-11(15)8-6-10)13(19)16-9-12(18)17(3)4/h5-8H,9,15H2,1-4H3,(H,16,19). The van der Waals surface area contributed by atoms with Gasteiger partial charge in [0.2, 0.25) is 11.8 Å². The highest BCUT2D eigenvalue weighted by Crippen LogP contribution is 2.24. The maximum absolute atomic E-state index is 12.2. The van der Waals surface area contributed by atoms with Gasteiger partial charge in [0.1, 0.15) is 0 Å². The monoisotopic (exact) mass is 263 g/mol. The van der Waals surface area contributed by atoms with Gasteiger partial charge in [0.05, 0.1) is 12.0 Å². The number of likely N-dealkylation sites (N-methyl/N-ethyl adjacent to an activating group) is 1. The number of nitrogens with zero attached hydrogens (tertiary/aromatic N) is 1. The van der Waals surface area contributed by atoms with Gasteiger partial charge in [0.25, 0.3) is 0 Å². The number of nitrogens with two attached hydrogens (primary N) is 1. The van der Waals surface area contributed by atoms with E-state index in [0.29, 0.717) is 5.69 Å². The number of carbonyl (C=O) groups excluding carboxylic acids is 2. The lowest BCUT2D eigenvalue weighted by Crippen LogP contribution is -2.44. The van der Waals surface area contributed by atoms with Crippen LogP contribution in [0.2, 0.25) is 0 Å². The number of hydrogen-bond donors (Lipinski definition) is 2. The molecule has 2 amide bonds. The molecular weight excluding hydrogens is 242 g/mol. The molecule has 0 bridgehead atoms. The summed E-state index contributed by atoms with van der Waals surface area (Å²) in [6.07, 6.45) is 0. The fraction of sp³-hybridized carbons (Fsp3) is 0.429. The van der Waals surface area contributed by atoms with Gasteiger partial charge in [-0.15, -0.1) is 0 Å². The lowest BCUT2D eigenvalue weighted by atomic mass is 9.83. The van der Waals surface area contributed by atoms with E-state index >= 15 is 0 Å². The van der Waals surface area contributed by atoms with Crippen molar-refractivity contribution in [2.45, 2.75) is 19.3 Å². The van der Waals surface area contributed by atoms with E-state index < -0.39 is 5.41 Å². The number of rotatable bonds is 4. The van der Waals surface area contributed by atoms with E-state index in [1.165, 1.54) is 4.90 Å². The Kier molecular flexibility index (Phi) is 4.53. The van der Waals surface area contributed by atoms with Crippen LogP contribution in [0.4, 0.5) is 5.69 Å². The summed E-state index contributed by atoms with van der Waals surface area (Å²) in [5.74, 6) is -0.325. The van der Waals surface area contributed by atoms with E-state index in [2.05, 4.69) is 5.32 Å². The zero-order chi connectivity index (χ0) is 14.6. The molecule has 5 heteroatoms. The smallest absolute Gasteiger partial charge is 0.241 e. The number of amides is 2. The van der Waals surface area contributed by atoms with Crippen molar-refractivity contribution in [3.8, 4) is 0 Å². The third-order valence-electron chi connectivity index (χ3n) is 3.10. The van der Waals surface area contributed by atoms with E-state index in [-0.39, 0.29) is 18.4 Å². The molecule has 0 heterocycles. The molecule has 0 aliphatic rings. The van der Waals surface area contributed by atoms with Crippen LogP contribution in [0.5, 0.6) is 0 Å². The van der Waals surface area contributed by atoms with Gasteiger partial charge in [-0.2, -0.15) is 0 Å². The second kappa shape index (κ2) is 5.73. The molecule has 104 valence electrons. The highest BCUT2D eigenvalue weighted by atomic mass is 16.2. The number of carbonyl (C=O) groups is 2. The number of benzene rings is 1. The van der Waals surface area contributed by atoms with Gasteiger partial charge in [-0.1, -0.05) is 12.1 Å². The fourth-order valence-corrected chi connectivity index (χ4v) is 1.57. The summed E-state index contributed by atoms with van der Waals surface area (Å²) in [4.78, 5) is 25.1. The Labute approximate surface area is 113 Å². The zero-order valence-electron chi connectivity index (χ0n) is 11.9. The zero-order valence-corrected chi connectivity index (χ0v) is 11.9. The van der Waals surface area contributed by atoms with Crippen LogP contribution in [0, 0.1) is 0 Å². The van der Waals surface area contributed by atoms with E-state index in [9.17, 15) is 9.59 Å². The maximum atomic E-state index is 12.2. The molecule has 0 saturated carbocycles. The summed E-state index contributed by atoms with van der Waals surface area (Å²) in [7, 11) is 3.30. The second-order valence-corrected chi connectivity index (χ2v) is 5.22. The molecule has 0 spiro atoms. The van der Waals surface area contributed by atoms with Gasteiger partial charge in [-0.25, -0.2) is 0 Å². The van der Waals surface area contributed by atoms with Crippen molar-refractivity contribution in [2.24, 2.45) is 0 Å². The molecule has 3 N–H and O–H groups in total. The van der Waals surface area contributed by atoms with Crippen molar-refractivity contribution in [3.63, 3.8) is 0 Å². The molecule has 5 nitrogen and oxygen atoms in total. The Hall–Kier alpha value is -2.04. The van der Waals surface area contributed by atoms with Gasteiger partial charge in [0, 0.05) is 19.8 Å². The van der Waals surface area contributed by atoms with Gasteiger partial charge >= 0.3 is 0 Å². The molecule has 1 aromatic carbocycles. The minimum Gasteiger partial charge on any atom is -0.399 e. The number of nitrogens with one attached hydrogen (secondary N) is 1. The predicted octanol–water partition coefficient (Wildman–Crippen LogP) is 0.751. The normalized spacial score (nSPS) is 10.9. The first kappa shape index (κ1) is 15.0. The first-order valence-corrected chi connectivity index (χ1v) is 6.09. The number of nitrogen functional groups attached to an aromatic ring is 1. The predicted molar refractivity (Wildman–Crippen MR) is 75.6 cm³/mol. The van der Waals surface area contributed by atoms with Crippen LogP contribution in [-0.2, 0) is 15.0 Å². The third-order valence-corrected chi connectivity index (χ3v) is 3.10. The number of anilines is 1. The van der Waals surface area contributed by atoms with Gasteiger partial charge in [0.15, 0.2) is 0 Å². The Morgan fingerprint density at radius 1 is 1.21 bits per heavy atom. The van der Waals surface area contributed by atoms with E-state index in [0.717, 1.165) is 5.56 Å². The summed E-state index contributed by atoms with van der Waals surface area (Å²) >= 11 is 0. The Morgan fingerprint density at radius 2 is 1.74 bits per heavy atom. The average Bonchev–Trinajstić information content (AvgIpc) is 2.35. The van der Waals surface area contributed by atoms with Gasteiger partial charge in [-0.3, -0.25) is 9.59 Å². The SMILES string of the molecule is CN(C)C(=O)CNC(=O)C(C)(C)c1ccc(N)cc1. The largest absolute Gasteiger partial charge is 0.399 e. The molecule has 19 heavy (non-hydrogen) atoms. The Morgan fingerprint density at radius 3 is 2.21 bits per heavy atom. The van der Waals surface area contributed by atoms with Crippen LogP contribution in [0.25, 0.3) is 0 Å². The van der Waals surface area contributed by atoms with Crippen LogP contribution in [0.3, 0.4) is 0 Å². The molecule has 0 unspecified atom stereocenters. The Balaban J connectivity index is 2.74. The van der Waals surface area contributed by atoms with Gasteiger partial charge in [-0.05, 0) is 31.5 Å². The summed E-state index contributed by atoms with van der Waals surface area (Å²) in [5.41, 5.74) is 6.43. The number of hydrogen-bond acceptors (Lipinski definition) is 3. The summed E-state index contributed by atoms with van der Waals surface area (Å²) in [6.45, 7) is 3.63. The first-order chi connectivity index (χ1) is 8.75. The van der Waals surface area contributed by atoms with Crippen molar-refractivity contribution in [2.75, 3.05) is 26.4 Å². The molecule has 1 rings (SSSR count). The highest BCUT2D eigenvalue weighted by Gasteiger charge is 2.29. The van der Waals surface area contributed by atoms with Crippen molar-refractivity contribution < 1.29 is 9.59 Å². The molecule has 0 saturated heterocycles. The van der Waals surface area contributed by atoms with Crippen LogP contribution >= 0.6 is 0 Å². The second-order valence-electron chi connectivity index (χ2n) is 5.22. The summed E-state index contributed by atoms with van der Waals surface area (Å²) < 4.78 is 0. The quantitative estimate of drug-likeness (QED) is 0.787. The maximum Gasteiger partial charge on any atom is 0.241 e. The van der Waals surface area contributed by atoms with Crippen LogP contribution in [0.1, 0.15) is 19.4 Å². The minimum absolute atomic E-state index is 0.00420. The van der Waals surface area contributed by atoms with E-state index in [1.54, 1.807) is 26.2 Å². The molecule has 0 aliphatic heterocycles. The Bertz CT molecular complexity index is 464. The van der Waals surface area contributed by atoms with Crippen LogP contribution in [-0.4, -0.2) is 37.4 Å². The topological polar surface area (TPSA) is 75.4 Å². The lowest BCUT2D eigenvalue weighted by molar-refractivity contribution is -0.132. The summed E-state index contributed by atoms with van der Waals surface area (Å²) in [5, 5.41) is 2.66. The van der Waals surface area contributed by atoms with Crippen molar-refractivity contribution in [1.29, 1.82) is 0 Å². The third kappa shape index (κ3) is 3.71. The van der Waals surface area contributed by atoms with Crippen molar-refractivity contribution in [1.82, 2.24) is 10.2 Å². The molecular formula is C14H21N3O2. The lowest BCUT2D eigenvalue weighted by Gasteiger charge is -2.24. The van der Waals surface area contributed by atoms with Crippen LogP contribution < -0.4 is 11.1 Å². The van der Waals surface area contributed by atoms with Crippen molar-refractivity contribution >= 4 is 17.5 Å². The highest BCUT2D eigenvalue weighted by molar-refractivity contribution is 5.90. The van der Waals surface area contributed by atoms with E-state index in [1.807, 2.05) is 26.0 Å². The van der Waals surface area contributed by atoms with Crippen LogP contribution in [0.15, 0.2) is 24.3 Å². The molecule has 1 aromatic rings. The van der Waals surface area contributed by atoms with E-state index in [4.69, 9.17) is 5.73 Å². The fourth-order valence-electron chi connectivity index (χ4n) is 1.57. The van der Waals surface area contributed by atoms with Gasteiger partial charge < -0.3 is 16.0 Å². The average molecular weight is 263 g/mol. The molecule has 0 fully saturated rings. The molecule has 0 aliphatic carbocycles. The molecule has 0 radical (unpaired) electrons. The molecule has 0 atom stereocenters. The van der Waals surface area contributed by atoms with Crippen molar-refractivity contribution in [3.05, 3.63) is 29.8 Å². The first-order valence-electron chi connectivity index (χ1n) is 6.09. The summed E-state index contributed by atoms with van der Waals surface area (Å²) in [6, 6.07) is 7.16.